The lowest BCUT2D eigenvalue weighted by atomic mass is 10.2. The van der Waals surface area contributed by atoms with Crippen molar-refractivity contribution in [1.29, 1.82) is 0 Å². The van der Waals surface area contributed by atoms with E-state index in [1.807, 2.05) is 31.2 Å². The van der Waals surface area contributed by atoms with E-state index in [9.17, 15) is 9.59 Å². The van der Waals surface area contributed by atoms with E-state index in [0.29, 0.717) is 16.6 Å². The van der Waals surface area contributed by atoms with E-state index in [1.54, 1.807) is 0 Å². The molecule has 0 aliphatic carbocycles. The topological polar surface area (TPSA) is 90.5 Å². The number of carbonyl (C=O) groups excluding carboxylic acids is 2. The first-order valence-electron chi connectivity index (χ1n) is 10.1. The maximum atomic E-state index is 12.3. The van der Waals surface area contributed by atoms with Crippen LogP contribution in [0, 0.1) is 6.92 Å². The third-order valence-electron chi connectivity index (χ3n) is 4.90. The lowest BCUT2D eigenvalue weighted by molar-refractivity contribution is -0.118. The van der Waals surface area contributed by atoms with Crippen molar-refractivity contribution in [3.05, 3.63) is 34.8 Å². The number of likely N-dealkylation sites (N-methyl/N-ethyl adjacent to an activating group) is 1. The van der Waals surface area contributed by atoms with Crippen LogP contribution in [-0.2, 0) is 4.79 Å². The number of rotatable bonds is 9. The van der Waals surface area contributed by atoms with Gasteiger partial charge in [0.25, 0.3) is 5.91 Å². The van der Waals surface area contributed by atoms with Crippen LogP contribution >= 0.6 is 23.1 Å². The Bertz CT molecular complexity index is 834. The molecule has 2 N–H and O–H groups in total. The summed E-state index contributed by atoms with van der Waals surface area (Å²) >= 11 is 2.49. The smallest absolute Gasteiger partial charge is 0.286 e. The minimum atomic E-state index is -0.296. The quantitative estimate of drug-likeness (QED) is 0.567. The molecule has 10 heteroatoms. The fraction of sp³-hybridized carbons (Fsp3) is 0.500. The Kier molecular flexibility index (Phi) is 8.61. The van der Waals surface area contributed by atoms with Crippen molar-refractivity contribution in [2.45, 2.75) is 18.2 Å². The molecule has 8 nitrogen and oxygen atoms in total. The number of aryl methyl sites for hydroxylation is 1. The zero-order chi connectivity index (χ0) is 21.3. The Balaban J connectivity index is 1.35. The first-order valence-corrected chi connectivity index (χ1v) is 11.9. The molecule has 1 aliphatic heterocycles. The molecule has 30 heavy (non-hydrogen) atoms. The van der Waals surface area contributed by atoms with Crippen molar-refractivity contribution >= 4 is 40.6 Å². The minimum absolute atomic E-state index is 0.0342. The van der Waals surface area contributed by atoms with Crippen molar-refractivity contribution in [3.63, 3.8) is 0 Å². The van der Waals surface area contributed by atoms with Crippen LogP contribution < -0.4 is 10.6 Å². The molecular formula is C20H28N6O2S2. The van der Waals surface area contributed by atoms with Gasteiger partial charge >= 0.3 is 0 Å². The molecule has 0 saturated carbocycles. The molecule has 0 spiro atoms. The van der Waals surface area contributed by atoms with Gasteiger partial charge in [-0.05, 0) is 25.6 Å². The van der Waals surface area contributed by atoms with Crippen molar-refractivity contribution in [3.8, 4) is 0 Å². The van der Waals surface area contributed by atoms with Gasteiger partial charge in [-0.15, -0.1) is 10.2 Å². The fourth-order valence-corrected chi connectivity index (χ4v) is 4.62. The minimum Gasteiger partial charge on any atom is -0.354 e. The number of anilines is 1. The van der Waals surface area contributed by atoms with Gasteiger partial charge in [0.05, 0.1) is 5.75 Å². The van der Waals surface area contributed by atoms with Crippen molar-refractivity contribution in [2.24, 2.45) is 0 Å². The molecule has 0 bridgehead atoms. The van der Waals surface area contributed by atoms with Crippen LogP contribution in [0.25, 0.3) is 0 Å². The largest absolute Gasteiger partial charge is 0.354 e. The Hall–Kier alpha value is -2.01. The van der Waals surface area contributed by atoms with Gasteiger partial charge in [0.2, 0.25) is 10.9 Å². The van der Waals surface area contributed by atoms with Crippen LogP contribution in [0.15, 0.2) is 28.6 Å². The second-order valence-corrected chi connectivity index (χ2v) is 9.31. The molecule has 0 atom stereocenters. The number of amides is 2. The fourth-order valence-electron chi connectivity index (χ4n) is 3.04. The number of piperazine rings is 1. The van der Waals surface area contributed by atoms with Crippen molar-refractivity contribution in [2.75, 3.05) is 56.9 Å². The summed E-state index contributed by atoms with van der Waals surface area (Å²) < 4.78 is 0.606. The number of thioether (sulfide) groups is 1. The van der Waals surface area contributed by atoms with Gasteiger partial charge in [-0.3, -0.25) is 14.5 Å². The van der Waals surface area contributed by atoms with Crippen LogP contribution in [-0.4, -0.2) is 83.4 Å². The average Bonchev–Trinajstić information content (AvgIpc) is 3.24. The standard InChI is InChI=1S/C20H28N6O2S2/c1-3-25-10-12-26(13-11-25)9-8-21-17(27)14-29-20-24-23-19(30-20)18(28)22-16-6-4-15(2)5-7-16/h4-7H,3,8-14H2,1-2H3,(H,21,27)(H,22,28). The molecule has 0 unspecified atom stereocenters. The van der Waals surface area contributed by atoms with Gasteiger partial charge in [0, 0.05) is 45.0 Å². The van der Waals surface area contributed by atoms with Crippen LogP contribution in [0.3, 0.4) is 0 Å². The highest BCUT2D eigenvalue weighted by molar-refractivity contribution is 8.01. The Labute approximate surface area is 185 Å². The SMILES string of the molecule is CCN1CCN(CCNC(=O)CSc2nnc(C(=O)Nc3ccc(C)cc3)s2)CC1. The number of hydrogen-bond donors (Lipinski definition) is 2. The van der Waals surface area contributed by atoms with Gasteiger partial charge < -0.3 is 15.5 Å². The molecule has 1 saturated heterocycles. The average molecular weight is 449 g/mol. The number of nitrogens with zero attached hydrogens (tertiary/aromatic N) is 4. The van der Waals surface area contributed by atoms with Crippen LogP contribution in [0.5, 0.6) is 0 Å². The zero-order valence-corrected chi connectivity index (χ0v) is 19.0. The molecule has 1 aliphatic rings. The Morgan fingerprint density at radius 3 is 2.50 bits per heavy atom. The van der Waals surface area contributed by atoms with Crippen LogP contribution in [0.1, 0.15) is 22.3 Å². The number of nitrogens with one attached hydrogen (secondary N) is 2. The van der Waals surface area contributed by atoms with Crippen molar-refractivity contribution < 1.29 is 9.59 Å². The summed E-state index contributed by atoms with van der Waals surface area (Å²) in [6.45, 7) is 11.1. The molecule has 0 radical (unpaired) electrons. The van der Waals surface area contributed by atoms with E-state index in [-0.39, 0.29) is 22.6 Å². The lowest BCUT2D eigenvalue weighted by Gasteiger charge is -2.33. The summed E-state index contributed by atoms with van der Waals surface area (Å²) in [5.74, 6) is -0.0680. The highest BCUT2D eigenvalue weighted by Crippen LogP contribution is 2.23. The van der Waals surface area contributed by atoms with E-state index < -0.39 is 0 Å². The van der Waals surface area contributed by atoms with E-state index in [4.69, 9.17) is 0 Å². The first kappa shape index (κ1) is 22.7. The summed E-state index contributed by atoms with van der Waals surface area (Å²) in [5.41, 5.74) is 1.84. The Morgan fingerprint density at radius 2 is 1.80 bits per heavy atom. The second kappa shape index (κ2) is 11.4. The zero-order valence-electron chi connectivity index (χ0n) is 17.4. The summed E-state index contributed by atoms with van der Waals surface area (Å²) in [4.78, 5) is 29.2. The summed E-state index contributed by atoms with van der Waals surface area (Å²) in [6, 6.07) is 7.55. The van der Waals surface area contributed by atoms with Crippen molar-refractivity contribution in [1.82, 2.24) is 25.3 Å². The molecule has 1 aromatic carbocycles. The summed E-state index contributed by atoms with van der Waals surface area (Å²) in [7, 11) is 0. The first-order chi connectivity index (χ1) is 14.5. The predicted molar refractivity (Wildman–Crippen MR) is 121 cm³/mol. The van der Waals surface area contributed by atoms with Gasteiger partial charge in [0.15, 0.2) is 4.34 Å². The highest BCUT2D eigenvalue weighted by atomic mass is 32.2. The van der Waals surface area contributed by atoms with E-state index >= 15 is 0 Å². The molecule has 1 fully saturated rings. The third-order valence-corrected chi connectivity index (χ3v) is 6.95. The predicted octanol–water partition coefficient (Wildman–Crippen LogP) is 1.94. The summed E-state index contributed by atoms with van der Waals surface area (Å²) in [5, 5.41) is 14.0. The summed E-state index contributed by atoms with van der Waals surface area (Å²) in [6.07, 6.45) is 0. The third kappa shape index (κ3) is 7.05. The molecule has 2 heterocycles. The van der Waals surface area contributed by atoms with E-state index in [2.05, 4.69) is 37.6 Å². The highest BCUT2D eigenvalue weighted by Gasteiger charge is 2.16. The number of hydrogen-bond acceptors (Lipinski definition) is 8. The van der Waals surface area contributed by atoms with Gasteiger partial charge in [-0.1, -0.05) is 47.7 Å². The van der Waals surface area contributed by atoms with Gasteiger partial charge in [-0.2, -0.15) is 0 Å². The van der Waals surface area contributed by atoms with Crippen LogP contribution in [0.4, 0.5) is 5.69 Å². The molecule has 2 aromatic rings. The Morgan fingerprint density at radius 1 is 1.10 bits per heavy atom. The number of aromatic nitrogens is 2. The maximum absolute atomic E-state index is 12.3. The van der Waals surface area contributed by atoms with Gasteiger partial charge in [-0.25, -0.2) is 0 Å². The lowest BCUT2D eigenvalue weighted by Crippen LogP contribution is -2.48. The van der Waals surface area contributed by atoms with E-state index in [1.165, 1.54) is 23.1 Å². The monoisotopic (exact) mass is 448 g/mol. The van der Waals surface area contributed by atoms with E-state index in [0.717, 1.165) is 44.8 Å². The normalized spacial score (nSPS) is 15.1. The second-order valence-electron chi connectivity index (χ2n) is 7.11. The molecule has 1 aromatic heterocycles. The molecule has 2 amide bonds. The molecule has 162 valence electrons. The molecular weight excluding hydrogens is 420 g/mol. The maximum Gasteiger partial charge on any atom is 0.286 e. The van der Waals surface area contributed by atoms with Gasteiger partial charge in [0.1, 0.15) is 0 Å². The number of carbonyl (C=O) groups is 2. The van der Waals surface area contributed by atoms with Crippen LogP contribution in [0.2, 0.25) is 0 Å². The molecule has 3 rings (SSSR count). The number of benzene rings is 1.